The van der Waals surface area contributed by atoms with Crippen LogP contribution in [-0.2, 0) is 4.74 Å². The molecule has 0 aliphatic carbocycles. The van der Waals surface area contributed by atoms with Crippen LogP contribution >= 0.6 is 0 Å². The van der Waals surface area contributed by atoms with Gasteiger partial charge < -0.3 is 10.5 Å². The molecule has 0 saturated carbocycles. The van der Waals surface area contributed by atoms with Crippen LogP contribution in [0, 0.1) is 0 Å². The third kappa shape index (κ3) is 0.924. The molecule has 2 N–H and O–H groups in total. The fraction of sp³-hybridized carbons (Fsp3) is 1.00. The van der Waals surface area contributed by atoms with Crippen LogP contribution < -0.4 is 5.73 Å². The molecule has 1 unspecified atom stereocenters. The number of hydrogen-bond donors (Lipinski definition) is 1. The van der Waals surface area contributed by atoms with Crippen molar-refractivity contribution < 1.29 is 4.74 Å². The third-order valence-electron chi connectivity index (χ3n) is 1.16. The SMILES string of the molecule is CC1(C)CC(N)O1. The summed E-state index contributed by atoms with van der Waals surface area (Å²) in [5.41, 5.74) is 5.40. The summed E-state index contributed by atoms with van der Waals surface area (Å²) in [6.45, 7) is 4.08. The minimum Gasteiger partial charge on any atom is -0.357 e. The van der Waals surface area contributed by atoms with Crippen molar-refractivity contribution in [3.05, 3.63) is 0 Å². The van der Waals surface area contributed by atoms with Crippen molar-refractivity contribution in [1.29, 1.82) is 0 Å². The molecule has 1 heterocycles. The molecule has 0 aromatic heterocycles. The molecular formula is C5H11NO. The highest BCUT2D eigenvalue weighted by Gasteiger charge is 2.34. The largest absolute Gasteiger partial charge is 0.357 e. The quantitative estimate of drug-likeness (QED) is 0.481. The first-order valence-corrected chi connectivity index (χ1v) is 2.53. The maximum absolute atomic E-state index is 5.33. The van der Waals surface area contributed by atoms with Gasteiger partial charge in [-0.3, -0.25) is 0 Å². The van der Waals surface area contributed by atoms with E-state index < -0.39 is 0 Å². The minimum absolute atomic E-state index is 0.00926. The zero-order chi connectivity index (χ0) is 5.49. The maximum Gasteiger partial charge on any atom is 0.109 e. The van der Waals surface area contributed by atoms with Gasteiger partial charge in [0.15, 0.2) is 0 Å². The van der Waals surface area contributed by atoms with Crippen molar-refractivity contribution in [1.82, 2.24) is 0 Å². The van der Waals surface area contributed by atoms with Crippen molar-refractivity contribution in [3.63, 3.8) is 0 Å². The van der Waals surface area contributed by atoms with Crippen LogP contribution in [0.4, 0.5) is 0 Å². The average Bonchev–Trinajstić information content (AvgIpc) is 1.27. The lowest BCUT2D eigenvalue weighted by Gasteiger charge is -2.40. The van der Waals surface area contributed by atoms with Gasteiger partial charge in [-0.15, -0.1) is 0 Å². The lowest BCUT2D eigenvalue weighted by molar-refractivity contribution is -0.180. The Morgan fingerprint density at radius 3 is 2.14 bits per heavy atom. The van der Waals surface area contributed by atoms with Crippen LogP contribution in [0.15, 0.2) is 0 Å². The van der Waals surface area contributed by atoms with Gasteiger partial charge in [-0.2, -0.15) is 0 Å². The maximum atomic E-state index is 5.33. The Labute approximate surface area is 43.6 Å². The van der Waals surface area contributed by atoms with Crippen LogP contribution in [0.1, 0.15) is 20.3 Å². The second-order valence-electron chi connectivity index (χ2n) is 2.62. The van der Waals surface area contributed by atoms with E-state index in [1.54, 1.807) is 0 Å². The Balaban J connectivity index is 2.29. The summed E-state index contributed by atoms with van der Waals surface area (Å²) in [5, 5.41) is 0. The van der Waals surface area contributed by atoms with Crippen LogP contribution in [0.25, 0.3) is 0 Å². The standard InChI is InChI=1S/C5H11NO/c1-5(2)3-4(6)7-5/h4H,3,6H2,1-2H3. The zero-order valence-electron chi connectivity index (χ0n) is 4.77. The molecular weight excluding hydrogens is 90.1 g/mol. The molecule has 42 valence electrons. The van der Waals surface area contributed by atoms with E-state index in [9.17, 15) is 0 Å². The van der Waals surface area contributed by atoms with Crippen molar-refractivity contribution >= 4 is 0 Å². The van der Waals surface area contributed by atoms with Gasteiger partial charge in [0.05, 0.1) is 5.60 Å². The fourth-order valence-corrected chi connectivity index (χ4v) is 0.885. The summed E-state index contributed by atoms with van der Waals surface area (Å²) in [4.78, 5) is 0. The molecule has 1 aliphatic heterocycles. The monoisotopic (exact) mass is 101 g/mol. The van der Waals surface area contributed by atoms with Crippen molar-refractivity contribution in [2.24, 2.45) is 5.73 Å². The van der Waals surface area contributed by atoms with Crippen molar-refractivity contribution in [2.75, 3.05) is 0 Å². The van der Waals surface area contributed by atoms with E-state index in [4.69, 9.17) is 10.5 Å². The van der Waals surface area contributed by atoms with E-state index in [-0.39, 0.29) is 11.8 Å². The van der Waals surface area contributed by atoms with Crippen LogP contribution in [-0.4, -0.2) is 11.8 Å². The Morgan fingerprint density at radius 2 is 2.14 bits per heavy atom. The van der Waals surface area contributed by atoms with Crippen LogP contribution in [0.5, 0.6) is 0 Å². The van der Waals surface area contributed by atoms with E-state index in [2.05, 4.69) is 0 Å². The molecule has 0 amide bonds. The second-order valence-corrected chi connectivity index (χ2v) is 2.62. The summed E-state index contributed by atoms with van der Waals surface area (Å²) >= 11 is 0. The molecule has 1 saturated heterocycles. The van der Waals surface area contributed by atoms with Gasteiger partial charge >= 0.3 is 0 Å². The molecule has 0 bridgehead atoms. The van der Waals surface area contributed by atoms with Crippen molar-refractivity contribution in [3.8, 4) is 0 Å². The van der Waals surface area contributed by atoms with Crippen LogP contribution in [0.3, 0.4) is 0 Å². The van der Waals surface area contributed by atoms with E-state index in [1.807, 2.05) is 13.8 Å². The first-order valence-electron chi connectivity index (χ1n) is 2.53. The molecule has 1 aliphatic rings. The topological polar surface area (TPSA) is 35.2 Å². The fourth-order valence-electron chi connectivity index (χ4n) is 0.885. The first kappa shape index (κ1) is 5.06. The average molecular weight is 101 g/mol. The second kappa shape index (κ2) is 1.20. The van der Waals surface area contributed by atoms with E-state index >= 15 is 0 Å². The number of rotatable bonds is 0. The summed E-state index contributed by atoms with van der Waals surface area (Å²) in [6.07, 6.45) is 1.00. The Kier molecular flexibility index (Phi) is 0.869. The normalized spacial score (nSPS) is 37.3. The third-order valence-corrected chi connectivity index (χ3v) is 1.16. The van der Waals surface area contributed by atoms with Gasteiger partial charge in [0.1, 0.15) is 6.23 Å². The van der Waals surface area contributed by atoms with Gasteiger partial charge in [0.2, 0.25) is 0 Å². The summed E-state index contributed by atoms with van der Waals surface area (Å²) in [5.74, 6) is 0. The molecule has 1 rings (SSSR count). The highest BCUT2D eigenvalue weighted by Crippen LogP contribution is 2.27. The molecule has 1 atom stereocenters. The zero-order valence-corrected chi connectivity index (χ0v) is 4.77. The molecule has 0 spiro atoms. The number of ether oxygens (including phenoxy) is 1. The molecule has 2 heteroatoms. The first-order chi connectivity index (χ1) is 3.10. The van der Waals surface area contributed by atoms with Gasteiger partial charge in [-0.1, -0.05) is 0 Å². The lowest BCUT2D eigenvalue weighted by Crippen LogP contribution is -2.50. The van der Waals surface area contributed by atoms with Gasteiger partial charge in [-0.25, -0.2) is 0 Å². The van der Waals surface area contributed by atoms with E-state index in [0.717, 1.165) is 6.42 Å². The Morgan fingerprint density at radius 1 is 1.71 bits per heavy atom. The molecule has 1 fully saturated rings. The summed E-state index contributed by atoms with van der Waals surface area (Å²) < 4.78 is 5.10. The summed E-state index contributed by atoms with van der Waals surface area (Å²) in [6, 6.07) is 0. The highest BCUT2D eigenvalue weighted by molar-refractivity contribution is 4.81. The highest BCUT2D eigenvalue weighted by atomic mass is 16.5. The number of hydrogen-bond acceptors (Lipinski definition) is 2. The molecule has 0 aromatic rings. The number of nitrogens with two attached hydrogens (primary N) is 1. The van der Waals surface area contributed by atoms with E-state index in [0.29, 0.717) is 0 Å². The molecule has 2 nitrogen and oxygen atoms in total. The summed E-state index contributed by atoms with van der Waals surface area (Å²) in [7, 11) is 0. The van der Waals surface area contributed by atoms with Crippen molar-refractivity contribution in [2.45, 2.75) is 32.1 Å². The van der Waals surface area contributed by atoms with E-state index in [1.165, 1.54) is 0 Å². The molecule has 0 aromatic carbocycles. The lowest BCUT2D eigenvalue weighted by atomic mass is 9.98. The van der Waals surface area contributed by atoms with Gasteiger partial charge in [-0.05, 0) is 13.8 Å². The van der Waals surface area contributed by atoms with Gasteiger partial charge in [0.25, 0.3) is 0 Å². The smallest absolute Gasteiger partial charge is 0.109 e. The predicted octanol–water partition coefficient (Wildman–Crippen LogP) is 0.470. The van der Waals surface area contributed by atoms with Crippen LogP contribution in [0.2, 0.25) is 0 Å². The Bertz CT molecular complexity index is 72.1. The van der Waals surface area contributed by atoms with Gasteiger partial charge in [0, 0.05) is 6.42 Å². The molecule has 0 radical (unpaired) electrons. The predicted molar refractivity (Wildman–Crippen MR) is 27.8 cm³/mol. The molecule has 7 heavy (non-hydrogen) atoms. The minimum atomic E-state index is 0.00926. The Hall–Kier alpha value is -0.0800.